The van der Waals surface area contributed by atoms with Gasteiger partial charge < -0.3 is 4.74 Å². The van der Waals surface area contributed by atoms with Crippen molar-refractivity contribution < 1.29 is 22.7 Å². The van der Waals surface area contributed by atoms with Crippen molar-refractivity contribution >= 4 is 17.2 Å². The molecule has 0 amide bonds. The SMILES string of the molecule is O=Cc1ccc2nn(-c3ccc(OC(F)(F)F)cc3)cc2c1. The van der Waals surface area contributed by atoms with Gasteiger partial charge in [0.1, 0.15) is 12.0 Å². The molecule has 0 saturated carbocycles. The van der Waals surface area contributed by atoms with Gasteiger partial charge in [0.05, 0.1) is 11.2 Å². The maximum absolute atomic E-state index is 12.1. The Kier molecular flexibility index (Phi) is 3.32. The van der Waals surface area contributed by atoms with Gasteiger partial charge in [-0.1, -0.05) is 0 Å². The molecule has 0 spiro atoms. The van der Waals surface area contributed by atoms with Gasteiger partial charge in [-0.2, -0.15) is 5.10 Å². The lowest BCUT2D eigenvalue weighted by molar-refractivity contribution is -0.274. The normalized spacial score (nSPS) is 11.6. The molecule has 4 nitrogen and oxygen atoms in total. The molecule has 0 aliphatic heterocycles. The first-order valence-corrected chi connectivity index (χ1v) is 6.25. The zero-order chi connectivity index (χ0) is 15.7. The summed E-state index contributed by atoms with van der Waals surface area (Å²) in [4.78, 5) is 10.7. The number of rotatable bonds is 3. The van der Waals surface area contributed by atoms with Gasteiger partial charge in [0.2, 0.25) is 0 Å². The van der Waals surface area contributed by atoms with Crippen LogP contribution in [0.3, 0.4) is 0 Å². The van der Waals surface area contributed by atoms with Crippen LogP contribution in [0.25, 0.3) is 16.6 Å². The van der Waals surface area contributed by atoms with E-state index in [9.17, 15) is 18.0 Å². The number of alkyl halides is 3. The highest BCUT2D eigenvalue weighted by atomic mass is 19.4. The first-order valence-electron chi connectivity index (χ1n) is 6.25. The van der Waals surface area contributed by atoms with Crippen molar-refractivity contribution in [3.05, 3.63) is 54.2 Å². The third-order valence-corrected chi connectivity index (χ3v) is 3.00. The number of carbonyl (C=O) groups excluding carboxylic acids is 1. The molecule has 112 valence electrons. The average molecular weight is 306 g/mol. The van der Waals surface area contributed by atoms with E-state index in [1.54, 1.807) is 24.4 Å². The Morgan fingerprint density at radius 2 is 1.82 bits per heavy atom. The van der Waals surface area contributed by atoms with Crippen molar-refractivity contribution in [3.63, 3.8) is 0 Å². The molecular weight excluding hydrogens is 297 g/mol. The van der Waals surface area contributed by atoms with Crippen molar-refractivity contribution in [1.82, 2.24) is 9.78 Å². The Labute approximate surface area is 122 Å². The molecule has 0 fully saturated rings. The molecule has 3 rings (SSSR count). The van der Waals surface area contributed by atoms with Gasteiger partial charge in [0.25, 0.3) is 0 Å². The summed E-state index contributed by atoms with van der Waals surface area (Å²) in [5.41, 5.74) is 1.79. The van der Waals surface area contributed by atoms with Crippen molar-refractivity contribution in [2.75, 3.05) is 0 Å². The van der Waals surface area contributed by atoms with Crippen LogP contribution in [0.1, 0.15) is 10.4 Å². The number of halogens is 3. The predicted molar refractivity (Wildman–Crippen MR) is 73.1 cm³/mol. The zero-order valence-electron chi connectivity index (χ0n) is 11.0. The highest BCUT2D eigenvalue weighted by molar-refractivity contribution is 5.86. The first-order chi connectivity index (χ1) is 10.4. The van der Waals surface area contributed by atoms with Crippen LogP contribution in [-0.4, -0.2) is 22.4 Å². The molecule has 0 bridgehead atoms. The van der Waals surface area contributed by atoms with Crippen LogP contribution in [0.2, 0.25) is 0 Å². The van der Waals surface area contributed by atoms with E-state index in [0.29, 0.717) is 16.8 Å². The molecule has 0 aliphatic carbocycles. The van der Waals surface area contributed by atoms with E-state index in [4.69, 9.17) is 0 Å². The maximum atomic E-state index is 12.1. The van der Waals surface area contributed by atoms with Crippen molar-refractivity contribution in [3.8, 4) is 11.4 Å². The molecule has 22 heavy (non-hydrogen) atoms. The molecule has 0 atom stereocenters. The lowest BCUT2D eigenvalue weighted by Crippen LogP contribution is -2.17. The molecule has 1 heterocycles. The minimum absolute atomic E-state index is 0.295. The molecule has 0 unspecified atom stereocenters. The minimum atomic E-state index is -4.72. The van der Waals surface area contributed by atoms with Gasteiger partial charge in [-0.3, -0.25) is 4.79 Å². The highest BCUT2D eigenvalue weighted by Gasteiger charge is 2.30. The highest BCUT2D eigenvalue weighted by Crippen LogP contribution is 2.24. The van der Waals surface area contributed by atoms with Gasteiger partial charge in [-0.05, 0) is 42.5 Å². The number of aldehydes is 1. The summed E-state index contributed by atoms with van der Waals surface area (Å²) in [5, 5.41) is 5.06. The summed E-state index contributed by atoms with van der Waals surface area (Å²) in [7, 11) is 0. The topological polar surface area (TPSA) is 44.1 Å². The fourth-order valence-corrected chi connectivity index (χ4v) is 2.05. The average Bonchev–Trinajstić information content (AvgIpc) is 2.89. The molecule has 3 aromatic rings. The molecule has 0 aliphatic rings. The Balaban J connectivity index is 1.92. The monoisotopic (exact) mass is 306 g/mol. The predicted octanol–water partition coefficient (Wildman–Crippen LogP) is 3.74. The molecule has 0 saturated heterocycles. The number of carbonyl (C=O) groups is 1. The van der Waals surface area contributed by atoms with Crippen LogP contribution in [0.15, 0.2) is 48.7 Å². The largest absolute Gasteiger partial charge is 0.573 e. The Hall–Kier alpha value is -2.83. The summed E-state index contributed by atoms with van der Waals surface area (Å²) >= 11 is 0. The summed E-state index contributed by atoms with van der Waals surface area (Å²) in [6.07, 6.45) is -2.28. The smallest absolute Gasteiger partial charge is 0.406 e. The Morgan fingerprint density at radius 3 is 2.45 bits per heavy atom. The number of benzene rings is 2. The second-order valence-corrected chi connectivity index (χ2v) is 4.55. The first kappa shape index (κ1) is 14.1. The van der Waals surface area contributed by atoms with E-state index in [-0.39, 0.29) is 5.75 Å². The summed E-state index contributed by atoms with van der Waals surface area (Å²) in [6, 6.07) is 10.4. The van der Waals surface area contributed by atoms with Gasteiger partial charge in [0, 0.05) is 17.1 Å². The number of ether oxygens (including phenoxy) is 1. The van der Waals surface area contributed by atoms with Crippen LogP contribution in [0.5, 0.6) is 5.75 Å². The molecule has 0 radical (unpaired) electrons. The number of hydrogen-bond donors (Lipinski definition) is 0. The standard InChI is InChI=1S/C15H9F3N2O2/c16-15(17,18)22-13-4-2-12(3-5-13)20-8-11-7-10(9-21)1-6-14(11)19-20/h1-9H. The fourth-order valence-electron chi connectivity index (χ4n) is 2.05. The fraction of sp³-hybridized carbons (Fsp3) is 0.0667. The van der Waals surface area contributed by atoms with Gasteiger partial charge in [-0.15, -0.1) is 13.2 Å². The molecule has 7 heteroatoms. The van der Waals surface area contributed by atoms with E-state index in [0.717, 1.165) is 11.7 Å². The third-order valence-electron chi connectivity index (χ3n) is 3.00. The van der Waals surface area contributed by atoms with E-state index < -0.39 is 6.36 Å². The van der Waals surface area contributed by atoms with Crippen LogP contribution < -0.4 is 4.74 Å². The molecular formula is C15H9F3N2O2. The van der Waals surface area contributed by atoms with Gasteiger partial charge in [0.15, 0.2) is 0 Å². The van der Waals surface area contributed by atoms with E-state index >= 15 is 0 Å². The number of hydrogen-bond acceptors (Lipinski definition) is 3. The van der Waals surface area contributed by atoms with Crippen LogP contribution in [0, 0.1) is 0 Å². The number of nitrogens with zero attached hydrogens (tertiary/aromatic N) is 2. The second-order valence-electron chi connectivity index (χ2n) is 4.55. The Bertz CT molecular complexity index is 823. The maximum Gasteiger partial charge on any atom is 0.573 e. The zero-order valence-corrected chi connectivity index (χ0v) is 11.0. The quantitative estimate of drug-likeness (QED) is 0.692. The van der Waals surface area contributed by atoms with Crippen LogP contribution in [0.4, 0.5) is 13.2 Å². The van der Waals surface area contributed by atoms with Crippen LogP contribution in [-0.2, 0) is 0 Å². The molecule has 0 N–H and O–H groups in total. The van der Waals surface area contributed by atoms with Crippen molar-refractivity contribution in [2.24, 2.45) is 0 Å². The lowest BCUT2D eigenvalue weighted by atomic mass is 10.2. The van der Waals surface area contributed by atoms with E-state index in [2.05, 4.69) is 9.84 Å². The van der Waals surface area contributed by atoms with Gasteiger partial charge >= 0.3 is 6.36 Å². The molecule has 1 aromatic heterocycles. The number of fused-ring (bicyclic) bond motifs is 1. The third kappa shape index (κ3) is 2.93. The second kappa shape index (κ2) is 5.18. The van der Waals surface area contributed by atoms with Gasteiger partial charge in [-0.25, -0.2) is 4.68 Å². The Morgan fingerprint density at radius 1 is 1.09 bits per heavy atom. The van der Waals surface area contributed by atoms with Crippen molar-refractivity contribution in [1.29, 1.82) is 0 Å². The summed E-state index contributed by atoms with van der Waals surface area (Å²) < 4.78 is 41.7. The van der Waals surface area contributed by atoms with Crippen LogP contribution >= 0.6 is 0 Å². The van der Waals surface area contributed by atoms with Crippen molar-refractivity contribution in [2.45, 2.75) is 6.36 Å². The lowest BCUT2D eigenvalue weighted by Gasteiger charge is -2.09. The molecule has 2 aromatic carbocycles. The summed E-state index contributed by atoms with van der Waals surface area (Å²) in [6.45, 7) is 0. The summed E-state index contributed by atoms with van der Waals surface area (Å²) in [5.74, 6) is -0.295. The number of aromatic nitrogens is 2. The minimum Gasteiger partial charge on any atom is -0.406 e. The van der Waals surface area contributed by atoms with E-state index in [1.807, 2.05) is 0 Å². The van der Waals surface area contributed by atoms with E-state index in [1.165, 1.54) is 28.9 Å².